The number of carbonyl (C=O) groups excluding carboxylic acids is 1. The fourth-order valence-corrected chi connectivity index (χ4v) is 3.48. The van der Waals surface area contributed by atoms with Crippen molar-refractivity contribution in [2.45, 2.75) is 33.7 Å². The van der Waals surface area contributed by atoms with Gasteiger partial charge in [0.15, 0.2) is 0 Å². The van der Waals surface area contributed by atoms with Crippen molar-refractivity contribution in [3.8, 4) is 0 Å². The Kier molecular flexibility index (Phi) is 4.68. The standard InChI is InChI=1S/C17H21NO2S/c1-10-6-7-16(15(8-10)17(19)20-5)18-12(3)14-9-11(2)21-13(14)4/h6-9,12,18H,1-5H3. The number of hydrogen-bond acceptors (Lipinski definition) is 4. The number of esters is 1. The van der Waals surface area contributed by atoms with Crippen LogP contribution in [0.4, 0.5) is 5.69 Å². The minimum Gasteiger partial charge on any atom is -0.465 e. The molecule has 1 heterocycles. The van der Waals surface area contributed by atoms with Gasteiger partial charge in [0.25, 0.3) is 0 Å². The Labute approximate surface area is 130 Å². The van der Waals surface area contributed by atoms with Gasteiger partial charge in [-0.25, -0.2) is 4.79 Å². The van der Waals surface area contributed by atoms with E-state index in [-0.39, 0.29) is 12.0 Å². The van der Waals surface area contributed by atoms with Crippen LogP contribution in [0.1, 0.15) is 44.2 Å². The third kappa shape index (κ3) is 3.45. The molecule has 0 aliphatic rings. The predicted octanol–water partition coefficient (Wildman–Crippen LogP) is 4.63. The topological polar surface area (TPSA) is 38.3 Å². The summed E-state index contributed by atoms with van der Waals surface area (Å²) in [6.45, 7) is 8.31. The average Bonchev–Trinajstić information content (AvgIpc) is 2.78. The van der Waals surface area contributed by atoms with E-state index in [1.807, 2.05) is 25.1 Å². The largest absolute Gasteiger partial charge is 0.465 e. The first-order chi connectivity index (χ1) is 9.92. The molecule has 2 aromatic rings. The first-order valence-electron chi connectivity index (χ1n) is 6.94. The van der Waals surface area contributed by atoms with E-state index in [1.165, 1.54) is 22.4 Å². The molecule has 0 saturated carbocycles. The summed E-state index contributed by atoms with van der Waals surface area (Å²) in [4.78, 5) is 14.5. The van der Waals surface area contributed by atoms with Gasteiger partial charge in [-0.2, -0.15) is 0 Å². The van der Waals surface area contributed by atoms with Crippen LogP contribution in [0.3, 0.4) is 0 Å². The number of rotatable bonds is 4. The third-order valence-electron chi connectivity index (χ3n) is 3.50. The Morgan fingerprint density at radius 3 is 2.52 bits per heavy atom. The number of hydrogen-bond donors (Lipinski definition) is 1. The molecule has 4 heteroatoms. The Bertz CT molecular complexity index is 661. The van der Waals surface area contributed by atoms with Crippen molar-refractivity contribution in [2.75, 3.05) is 12.4 Å². The van der Waals surface area contributed by atoms with Crippen LogP contribution in [-0.4, -0.2) is 13.1 Å². The number of carbonyl (C=O) groups is 1. The fourth-order valence-electron chi connectivity index (χ4n) is 2.45. The van der Waals surface area contributed by atoms with Crippen LogP contribution in [0, 0.1) is 20.8 Å². The van der Waals surface area contributed by atoms with E-state index in [4.69, 9.17) is 4.74 Å². The van der Waals surface area contributed by atoms with Crippen LogP contribution in [0.2, 0.25) is 0 Å². The van der Waals surface area contributed by atoms with Gasteiger partial charge in [-0.15, -0.1) is 11.3 Å². The molecule has 0 radical (unpaired) electrons. The number of aryl methyl sites for hydroxylation is 3. The first-order valence-corrected chi connectivity index (χ1v) is 7.76. The summed E-state index contributed by atoms with van der Waals surface area (Å²) in [6.07, 6.45) is 0. The minimum atomic E-state index is -0.313. The quantitative estimate of drug-likeness (QED) is 0.837. The summed E-state index contributed by atoms with van der Waals surface area (Å²) in [5.74, 6) is -0.313. The molecule has 1 aromatic heterocycles. The second-order valence-electron chi connectivity index (χ2n) is 5.28. The molecule has 112 valence electrons. The average molecular weight is 303 g/mol. The SMILES string of the molecule is COC(=O)c1cc(C)ccc1NC(C)c1cc(C)sc1C. The third-order valence-corrected chi connectivity index (χ3v) is 4.48. The van der Waals surface area contributed by atoms with Crippen molar-refractivity contribution in [1.82, 2.24) is 0 Å². The molecule has 2 rings (SSSR count). The van der Waals surface area contributed by atoms with Crippen molar-refractivity contribution < 1.29 is 9.53 Å². The van der Waals surface area contributed by atoms with Crippen molar-refractivity contribution in [3.05, 3.63) is 50.7 Å². The van der Waals surface area contributed by atoms with Gasteiger partial charge < -0.3 is 10.1 Å². The van der Waals surface area contributed by atoms with Crippen LogP contribution in [0.25, 0.3) is 0 Å². The first kappa shape index (κ1) is 15.6. The maximum absolute atomic E-state index is 11.9. The van der Waals surface area contributed by atoms with Crippen LogP contribution < -0.4 is 5.32 Å². The molecule has 1 unspecified atom stereocenters. The molecule has 0 bridgehead atoms. The second-order valence-corrected chi connectivity index (χ2v) is 6.74. The summed E-state index contributed by atoms with van der Waals surface area (Å²) in [5, 5.41) is 3.43. The van der Waals surface area contributed by atoms with E-state index in [0.29, 0.717) is 5.56 Å². The summed E-state index contributed by atoms with van der Waals surface area (Å²) >= 11 is 1.79. The van der Waals surface area contributed by atoms with E-state index in [2.05, 4.69) is 32.2 Å². The summed E-state index contributed by atoms with van der Waals surface area (Å²) < 4.78 is 4.87. The van der Waals surface area contributed by atoms with Gasteiger partial charge in [0, 0.05) is 21.5 Å². The van der Waals surface area contributed by atoms with Gasteiger partial charge in [-0.3, -0.25) is 0 Å². The number of ether oxygens (including phenoxy) is 1. The number of methoxy groups -OCH3 is 1. The zero-order chi connectivity index (χ0) is 15.6. The monoisotopic (exact) mass is 303 g/mol. The Balaban J connectivity index is 2.31. The highest BCUT2D eigenvalue weighted by Gasteiger charge is 2.16. The molecule has 21 heavy (non-hydrogen) atoms. The van der Waals surface area contributed by atoms with Gasteiger partial charge in [0.2, 0.25) is 0 Å². The zero-order valence-corrected chi connectivity index (χ0v) is 13.9. The number of nitrogens with one attached hydrogen (secondary N) is 1. The molecular formula is C17H21NO2S. The lowest BCUT2D eigenvalue weighted by atomic mass is 10.1. The fraction of sp³-hybridized carbons (Fsp3) is 0.353. The second kappa shape index (κ2) is 6.31. The molecule has 0 saturated heterocycles. The molecule has 3 nitrogen and oxygen atoms in total. The normalized spacial score (nSPS) is 12.0. The smallest absolute Gasteiger partial charge is 0.339 e. The number of anilines is 1. The summed E-state index contributed by atoms with van der Waals surface area (Å²) in [7, 11) is 1.41. The van der Waals surface area contributed by atoms with Gasteiger partial charge in [0.1, 0.15) is 0 Å². The lowest BCUT2D eigenvalue weighted by molar-refractivity contribution is 0.0601. The van der Waals surface area contributed by atoms with Crippen molar-refractivity contribution in [2.24, 2.45) is 0 Å². The molecule has 0 aliphatic heterocycles. The minimum absolute atomic E-state index is 0.140. The lowest BCUT2D eigenvalue weighted by Gasteiger charge is -2.18. The Hall–Kier alpha value is -1.81. The van der Waals surface area contributed by atoms with Gasteiger partial charge in [-0.05, 0) is 51.5 Å². The Morgan fingerprint density at radius 2 is 1.95 bits per heavy atom. The van der Waals surface area contributed by atoms with E-state index >= 15 is 0 Å². The maximum atomic E-state index is 11.9. The highest BCUT2D eigenvalue weighted by atomic mass is 32.1. The van der Waals surface area contributed by atoms with E-state index in [9.17, 15) is 4.79 Å². The van der Waals surface area contributed by atoms with Crippen molar-refractivity contribution in [1.29, 1.82) is 0 Å². The summed E-state index contributed by atoms with van der Waals surface area (Å²) in [6, 6.07) is 8.12. The highest BCUT2D eigenvalue weighted by Crippen LogP contribution is 2.30. The molecular weight excluding hydrogens is 282 g/mol. The van der Waals surface area contributed by atoms with Gasteiger partial charge in [-0.1, -0.05) is 11.6 Å². The maximum Gasteiger partial charge on any atom is 0.339 e. The molecule has 0 aliphatic carbocycles. The number of benzene rings is 1. The summed E-state index contributed by atoms with van der Waals surface area (Å²) in [5.41, 5.74) is 3.70. The van der Waals surface area contributed by atoms with Crippen molar-refractivity contribution in [3.63, 3.8) is 0 Å². The molecule has 1 N–H and O–H groups in total. The molecule has 1 atom stereocenters. The lowest BCUT2D eigenvalue weighted by Crippen LogP contribution is -2.12. The zero-order valence-electron chi connectivity index (χ0n) is 13.1. The van der Waals surface area contributed by atoms with Crippen molar-refractivity contribution >= 4 is 23.0 Å². The van der Waals surface area contributed by atoms with Crippen LogP contribution >= 0.6 is 11.3 Å². The van der Waals surface area contributed by atoms with E-state index in [0.717, 1.165) is 11.3 Å². The van der Waals surface area contributed by atoms with Crippen LogP contribution in [0.5, 0.6) is 0 Å². The van der Waals surface area contributed by atoms with Gasteiger partial charge >= 0.3 is 5.97 Å². The molecule has 1 aromatic carbocycles. The van der Waals surface area contributed by atoms with Gasteiger partial charge in [0.05, 0.1) is 12.7 Å². The van der Waals surface area contributed by atoms with E-state index < -0.39 is 0 Å². The predicted molar refractivity (Wildman–Crippen MR) is 88.3 cm³/mol. The Morgan fingerprint density at radius 1 is 1.24 bits per heavy atom. The molecule has 0 amide bonds. The number of thiophene rings is 1. The van der Waals surface area contributed by atoms with Crippen LogP contribution in [0.15, 0.2) is 24.3 Å². The highest BCUT2D eigenvalue weighted by molar-refractivity contribution is 7.12. The van der Waals surface area contributed by atoms with E-state index in [1.54, 1.807) is 11.3 Å². The van der Waals surface area contributed by atoms with Crippen LogP contribution in [-0.2, 0) is 4.74 Å². The molecule has 0 spiro atoms. The molecule has 0 fully saturated rings.